The van der Waals surface area contributed by atoms with Gasteiger partial charge in [0, 0.05) is 0 Å². The van der Waals surface area contributed by atoms with Crippen LogP contribution in [0.4, 0.5) is 0 Å². The van der Waals surface area contributed by atoms with Crippen LogP contribution in [0.5, 0.6) is 0 Å². The van der Waals surface area contributed by atoms with Crippen molar-refractivity contribution in [2.45, 2.75) is 31.8 Å². The molecule has 0 saturated heterocycles. The SMILES string of the molecule is O=C(NOC1CCCC1)c1cncs1. The van der Waals surface area contributed by atoms with E-state index < -0.39 is 0 Å². The van der Waals surface area contributed by atoms with Crippen molar-refractivity contribution in [3.63, 3.8) is 0 Å². The second kappa shape index (κ2) is 4.52. The largest absolute Gasteiger partial charge is 0.286 e. The van der Waals surface area contributed by atoms with Crippen LogP contribution in [0.2, 0.25) is 0 Å². The predicted octanol–water partition coefficient (Wildman–Crippen LogP) is 1.75. The van der Waals surface area contributed by atoms with E-state index in [1.165, 1.54) is 30.4 Å². The molecule has 2 rings (SSSR count). The van der Waals surface area contributed by atoms with Gasteiger partial charge in [-0.05, 0) is 12.8 Å². The van der Waals surface area contributed by atoms with Crippen molar-refractivity contribution < 1.29 is 9.63 Å². The molecule has 0 spiro atoms. The molecule has 1 fully saturated rings. The molecule has 0 bridgehead atoms. The lowest BCUT2D eigenvalue weighted by Gasteiger charge is -2.09. The van der Waals surface area contributed by atoms with Gasteiger partial charge in [0.05, 0.1) is 17.8 Å². The summed E-state index contributed by atoms with van der Waals surface area (Å²) in [4.78, 5) is 21.1. The molecule has 1 heterocycles. The van der Waals surface area contributed by atoms with Gasteiger partial charge in [-0.1, -0.05) is 12.8 Å². The Morgan fingerprint density at radius 3 is 3.00 bits per heavy atom. The monoisotopic (exact) mass is 212 g/mol. The third-order valence-electron chi connectivity index (χ3n) is 2.28. The summed E-state index contributed by atoms with van der Waals surface area (Å²) >= 11 is 1.31. The van der Waals surface area contributed by atoms with Crippen LogP contribution >= 0.6 is 11.3 Å². The van der Waals surface area contributed by atoms with Crippen molar-refractivity contribution in [1.82, 2.24) is 10.5 Å². The fourth-order valence-electron chi connectivity index (χ4n) is 1.52. The Kier molecular flexibility index (Phi) is 3.10. The highest BCUT2D eigenvalue weighted by Gasteiger charge is 2.17. The molecular formula is C9H12N2O2S. The summed E-state index contributed by atoms with van der Waals surface area (Å²) in [5.74, 6) is -0.195. The fraction of sp³-hybridized carbons (Fsp3) is 0.556. The highest BCUT2D eigenvalue weighted by molar-refractivity contribution is 7.11. The molecule has 5 heteroatoms. The molecule has 1 N–H and O–H groups in total. The lowest BCUT2D eigenvalue weighted by Crippen LogP contribution is -2.27. The maximum Gasteiger partial charge on any atom is 0.286 e. The molecule has 0 radical (unpaired) electrons. The number of hydroxylamine groups is 1. The van der Waals surface area contributed by atoms with E-state index in [0.29, 0.717) is 4.88 Å². The number of carbonyl (C=O) groups excluding carboxylic acids is 1. The number of nitrogens with one attached hydrogen (secondary N) is 1. The van der Waals surface area contributed by atoms with Crippen LogP contribution in [0.1, 0.15) is 35.4 Å². The molecule has 1 saturated carbocycles. The minimum Gasteiger partial charge on any atom is -0.270 e. The summed E-state index contributed by atoms with van der Waals surface area (Å²) < 4.78 is 0. The van der Waals surface area contributed by atoms with Gasteiger partial charge in [0.2, 0.25) is 0 Å². The first-order valence-electron chi connectivity index (χ1n) is 4.71. The first-order valence-corrected chi connectivity index (χ1v) is 5.58. The topological polar surface area (TPSA) is 51.2 Å². The van der Waals surface area contributed by atoms with Crippen LogP contribution in [-0.4, -0.2) is 17.0 Å². The summed E-state index contributed by atoms with van der Waals surface area (Å²) in [6.45, 7) is 0. The average molecular weight is 212 g/mol. The van der Waals surface area contributed by atoms with Crippen LogP contribution in [-0.2, 0) is 4.84 Å². The lowest BCUT2D eigenvalue weighted by atomic mass is 10.3. The molecule has 76 valence electrons. The van der Waals surface area contributed by atoms with Gasteiger partial charge in [0.15, 0.2) is 0 Å². The molecule has 0 aromatic carbocycles. The first-order chi connectivity index (χ1) is 6.86. The maximum absolute atomic E-state index is 11.4. The summed E-state index contributed by atoms with van der Waals surface area (Å²) in [7, 11) is 0. The van der Waals surface area contributed by atoms with Gasteiger partial charge in [-0.3, -0.25) is 14.6 Å². The number of hydrogen-bond acceptors (Lipinski definition) is 4. The number of rotatable bonds is 3. The molecule has 14 heavy (non-hydrogen) atoms. The minimum absolute atomic E-state index is 0.195. The molecule has 1 aliphatic rings. The van der Waals surface area contributed by atoms with E-state index in [2.05, 4.69) is 10.5 Å². The second-order valence-corrected chi connectivity index (χ2v) is 4.21. The number of carbonyl (C=O) groups is 1. The number of nitrogens with zero attached hydrogens (tertiary/aromatic N) is 1. The van der Waals surface area contributed by atoms with E-state index in [-0.39, 0.29) is 12.0 Å². The second-order valence-electron chi connectivity index (χ2n) is 3.32. The summed E-state index contributed by atoms with van der Waals surface area (Å²) in [5.41, 5.74) is 4.09. The Labute approximate surface area is 86.3 Å². The summed E-state index contributed by atoms with van der Waals surface area (Å²) in [5, 5.41) is 0. The molecule has 4 nitrogen and oxygen atoms in total. The van der Waals surface area contributed by atoms with Crippen molar-refractivity contribution in [3.8, 4) is 0 Å². The van der Waals surface area contributed by atoms with Gasteiger partial charge in [0.1, 0.15) is 4.88 Å². The first kappa shape index (κ1) is 9.61. The van der Waals surface area contributed by atoms with Crippen LogP contribution in [0.25, 0.3) is 0 Å². The van der Waals surface area contributed by atoms with E-state index >= 15 is 0 Å². The van der Waals surface area contributed by atoms with Crippen molar-refractivity contribution in [1.29, 1.82) is 0 Å². The number of amides is 1. The molecule has 1 aromatic heterocycles. The van der Waals surface area contributed by atoms with E-state index in [9.17, 15) is 4.79 Å². The van der Waals surface area contributed by atoms with Crippen molar-refractivity contribution >= 4 is 17.2 Å². The highest BCUT2D eigenvalue weighted by Crippen LogP contribution is 2.20. The Bertz CT molecular complexity index is 294. The maximum atomic E-state index is 11.4. The molecule has 0 aliphatic heterocycles. The normalized spacial score (nSPS) is 17.1. The number of aromatic nitrogens is 1. The third kappa shape index (κ3) is 2.30. The van der Waals surface area contributed by atoms with Gasteiger partial charge >= 0.3 is 0 Å². The van der Waals surface area contributed by atoms with Crippen LogP contribution < -0.4 is 5.48 Å². The Morgan fingerprint density at radius 1 is 1.57 bits per heavy atom. The molecule has 0 unspecified atom stereocenters. The van der Waals surface area contributed by atoms with Gasteiger partial charge in [-0.15, -0.1) is 11.3 Å². The van der Waals surface area contributed by atoms with E-state index in [1.807, 2.05) is 0 Å². The quantitative estimate of drug-likeness (QED) is 0.776. The van der Waals surface area contributed by atoms with E-state index in [1.54, 1.807) is 5.51 Å². The minimum atomic E-state index is -0.195. The zero-order chi connectivity index (χ0) is 9.80. The van der Waals surface area contributed by atoms with Crippen molar-refractivity contribution in [3.05, 3.63) is 16.6 Å². The van der Waals surface area contributed by atoms with Crippen LogP contribution in [0.15, 0.2) is 11.7 Å². The number of thiazole rings is 1. The average Bonchev–Trinajstić information content (AvgIpc) is 2.87. The van der Waals surface area contributed by atoms with Gasteiger partial charge in [0.25, 0.3) is 5.91 Å². The summed E-state index contributed by atoms with van der Waals surface area (Å²) in [6, 6.07) is 0. The number of hydrogen-bond donors (Lipinski definition) is 1. The van der Waals surface area contributed by atoms with Crippen LogP contribution in [0.3, 0.4) is 0 Å². The Hall–Kier alpha value is -0.940. The smallest absolute Gasteiger partial charge is 0.270 e. The molecule has 1 amide bonds. The molecule has 1 aromatic rings. The van der Waals surface area contributed by atoms with Gasteiger partial charge in [-0.2, -0.15) is 0 Å². The lowest BCUT2D eigenvalue weighted by molar-refractivity contribution is -0.0122. The predicted molar refractivity (Wildman–Crippen MR) is 52.9 cm³/mol. The Balaban J connectivity index is 1.78. The highest BCUT2D eigenvalue weighted by atomic mass is 32.1. The molecule has 0 atom stereocenters. The van der Waals surface area contributed by atoms with Crippen molar-refractivity contribution in [2.24, 2.45) is 0 Å². The molecule has 1 aliphatic carbocycles. The van der Waals surface area contributed by atoms with Crippen LogP contribution in [0, 0.1) is 0 Å². The fourth-order valence-corrected chi connectivity index (χ4v) is 2.03. The van der Waals surface area contributed by atoms with Gasteiger partial charge in [-0.25, -0.2) is 5.48 Å². The standard InChI is InChI=1S/C9H12N2O2S/c12-9(8-5-10-6-14-8)11-13-7-3-1-2-4-7/h5-7H,1-4H2,(H,11,12). The van der Waals surface area contributed by atoms with E-state index in [4.69, 9.17) is 4.84 Å². The Morgan fingerprint density at radius 2 is 2.36 bits per heavy atom. The molecular weight excluding hydrogens is 200 g/mol. The summed E-state index contributed by atoms with van der Waals surface area (Å²) in [6.07, 6.45) is 6.22. The van der Waals surface area contributed by atoms with Crippen molar-refractivity contribution in [2.75, 3.05) is 0 Å². The third-order valence-corrected chi connectivity index (χ3v) is 3.05. The zero-order valence-corrected chi connectivity index (χ0v) is 8.55. The zero-order valence-electron chi connectivity index (χ0n) is 7.73. The van der Waals surface area contributed by atoms with Gasteiger partial charge < -0.3 is 0 Å². The van der Waals surface area contributed by atoms with E-state index in [0.717, 1.165) is 12.8 Å².